The molecule has 35 heavy (non-hydrogen) atoms. The zero-order chi connectivity index (χ0) is 26.6. The van der Waals surface area contributed by atoms with Crippen molar-refractivity contribution < 1.29 is 44.1 Å². The fraction of sp³-hybridized carbons (Fsp3) is 0.350. The lowest BCUT2D eigenvalue weighted by Gasteiger charge is -2.31. The lowest BCUT2D eigenvalue weighted by molar-refractivity contribution is -0.141. The third kappa shape index (κ3) is 4.95. The Kier molecular flexibility index (Phi) is 6.38. The molecule has 0 radical (unpaired) electrons. The number of carbonyl (C=O) groups excluding carboxylic acids is 1. The normalized spacial score (nSPS) is 19.1. The van der Waals surface area contributed by atoms with Crippen LogP contribution in [-0.4, -0.2) is 39.8 Å². The average Bonchev–Trinajstić information content (AvgIpc) is 2.93. The maximum absolute atomic E-state index is 13.4. The number of hydrogen-bond donors (Lipinski definition) is 1. The monoisotopic (exact) mass is 522 g/mol. The number of hydrogen-bond acceptors (Lipinski definition) is 6. The van der Waals surface area contributed by atoms with Crippen molar-refractivity contribution in [3.05, 3.63) is 58.9 Å². The van der Waals surface area contributed by atoms with Crippen molar-refractivity contribution in [2.45, 2.75) is 43.8 Å². The number of halogens is 6. The third-order valence-electron chi connectivity index (χ3n) is 5.39. The zero-order valence-corrected chi connectivity index (χ0v) is 18.7. The van der Waals surface area contributed by atoms with E-state index in [0.29, 0.717) is 17.0 Å². The van der Waals surface area contributed by atoms with E-state index in [9.17, 15) is 44.1 Å². The van der Waals surface area contributed by atoms with E-state index in [4.69, 9.17) is 5.26 Å². The lowest BCUT2D eigenvalue weighted by Crippen LogP contribution is -2.48. The van der Waals surface area contributed by atoms with Gasteiger partial charge in [0.25, 0.3) is 0 Å². The quantitative estimate of drug-likeness (QED) is 0.480. The molecule has 0 bridgehead atoms. The van der Waals surface area contributed by atoms with E-state index in [1.807, 2.05) is 0 Å². The summed E-state index contributed by atoms with van der Waals surface area (Å²) in [6.45, 7) is 1.96. The molecule has 1 amide bonds. The molecular weight excluding hydrogens is 506 g/mol. The van der Waals surface area contributed by atoms with Gasteiger partial charge in [0.1, 0.15) is 5.69 Å². The highest BCUT2D eigenvalue weighted by molar-refractivity contribution is 7.86. The van der Waals surface area contributed by atoms with Crippen molar-refractivity contribution in [3.63, 3.8) is 0 Å². The highest BCUT2D eigenvalue weighted by Crippen LogP contribution is 2.41. The maximum atomic E-state index is 13.4. The summed E-state index contributed by atoms with van der Waals surface area (Å²) in [5, 5.41) is 8.98. The molecule has 1 atom stereocenters. The Bertz CT molecular complexity index is 1300. The number of carbonyl (C=O) groups is 1. The molecule has 1 saturated heterocycles. The van der Waals surface area contributed by atoms with Crippen LogP contribution in [0.25, 0.3) is 0 Å². The fourth-order valence-electron chi connectivity index (χ4n) is 3.64. The van der Waals surface area contributed by atoms with E-state index >= 15 is 0 Å². The molecule has 0 aliphatic carbocycles. The van der Waals surface area contributed by atoms with Crippen LogP contribution in [0.5, 0.6) is 0 Å². The van der Waals surface area contributed by atoms with E-state index in [1.54, 1.807) is 0 Å². The van der Waals surface area contributed by atoms with Crippen molar-refractivity contribution >= 4 is 21.7 Å². The summed E-state index contributed by atoms with van der Waals surface area (Å²) in [5.74, 6) is -1.02. The molecule has 8 nitrogen and oxygen atoms in total. The number of anilines is 1. The Hall–Kier alpha value is -3.22. The van der Waals surface area contributed by atoms with Gasteiger partial charge in [-0.3, -0.25) is 19.2 Å². The third-order valence-corrected chi connectivity index (χ3v) is 6.39. The Morgan fingerprint density at radius 3 is 2.20 bits per heavy atom. The van der Waals surface area contributed by atoms with Crippen molar-refractivity contribution in [1.82, 2.24) is 9.88 Å². The van der Waals surface area contributed by atoms with Gasteiger partial charge < -0.3 is 0 Å². The minimum atomic E-state index is -5.18. The largest absolute Gasteiger partial charge is 0.433 e. The van der Waals surface area contributed by atoms with Crippen LogP contribution in [0.4, 0.5) is 32.0 Å². The second-order valence-electron chi connectivity index (χ2n) is 8.09. The van der Waals surface area contributed by atoms with Crippen LogP contribution >= 0.6 is 0 Å². The predicted octanol–water partition coefficient (Wildman–Crippen LogP) is 3.79. The average molecular weight is 522 g/mol. The number of aromatic nitrogens is 1. The van der Waals surface area contributed by atoms with Gasteiger partial charge in [-0.1, -0.05) is 6.07 Å². The van der Waals surface area contributed by atoms with Gasteiger partial charge in [-0.2, -0.15) is 40.0 Å². The van der Waals surface area contributed by atoms with Gasteiger partial charge >= 0.3 is 22.5 Å². The van der Waals surface area contributed by atoms with Gasteiger partial charge in [0.15, 0.2) is 0 Å². The number of nitriles is 1. The van der Waals surface area contributed by atoms with Crippen LogP contribution in [0.15, 0.2) is 36.5 Å². The summed E-state index contributed by atoms with van der Waals surface area (Å²) in [7, 11) is -5.18. The fourth-order valence-corrected chi connectivity index (χ4v) is 4.79. The van der Waals surface area contributed by atoms with E-state index < -0.39 is 68.5 Å². The maximum Gasteiger partial charge on any atom is 0.433 e. The van der Waals surface area contributed by atoms with E-state index in [1.165, 1.54) is 19.9 Å². The molecule has 3 rings (SSSR count). The SMILES string of the molecule is CC1(C)C(=O)N(c2ccc(C#N)c(C(F)(F)F)c2)C(S(=O)(=O)O)N1Cc1ccc(C(F)(F)F)nc1. The van der Waals surface area contributed by atoms with Crippen LogP contribution in [-0.2, 0) is 33.8 Å². The van der Waals surface area contributed by atoms with Crippen LogP contribution in [0.3, 0.4) is 0 Å². The standard InChI is InChI=1S/C20H16F6N4O4S/c1-18(2)16(31)30(13-5-4-12(8-27)14(7-13)19(21,22)23)17(35(32,33)34)29(18)10-11-3-6-15(28-9-11)20(24,25)26/h3-7,9,17H,10H2,1-2H3,(H,32,33,34). The summed E-state index contributed by atoms with van der Waals surface area (Å²) < 4.78 is 113. The smallest absolute Gasteiger partial charge is 0.283 e. The van der Waals surface area contributed by atoms with Crippen molar-refractivity contribution in [3.8, 4) is 6.07 Å². The second kappa shape index (κ2) is 8.47. The highest BCUT2D eigenvalue weighted by Gasteiger charge is 2.57. The van der Waals surface area contributed by atoms with Crippen molar-refractivity contribution in [2.75, 3.05) is 4.90 Å². The molecule has 1 aromatic heterocycles. The first kappa shape index (κ1) is 26.4. The van der Waals surface area contributed by atoms with Crippen LogP contribution in [0.2, 0.25) is 0 Å². The Morgan fingerprint density at radius 2 is 1.74 bits per heavy atom. The lowest BCUT2D eigenvalue weighted by atomic mass is 10.0. The van der Waals surface area contributed by atoms with Gasteiger partial charge in [0.2, 0.25) is 11.4 Å². The molecule has 188 valence electrons. The summed E-state index contributed by atoms with van der Waals surface area (Å²) in [5.41, 5.74) is -7.92. The number of amides is 1. The minimum absolute atomic E-state index is 0.0326. The molecule has 2 aromatic rings. The van der Waals surface area contributed by atoms with Crippen LogP contribution < -0.4 is 4.90 Å². The number of nitrogens with zero attached hydrogens (tertiary/aromatic N) is 4. The summed E-state index contributed by atoms with van der Waals surface area (Å²) in [6, 6.07) is 5.06. The molecule has 1 aliphatic heterocycles. The minimum Gasteiger partial charge on any atom is -0.283 e. The first-order valence-corrected chi connectivity index (χ1v) is 11.1. The molecule has 0 saturated carbocycles. The van der Waals surface area contributed by atoms with Gasteiger partial charge in [-0.25, -0.2) is 4.90 Å². The molecule has 15 heteroatoms. The van der Waals surface area contributed by atoms with Gasteiger partial charge in [-0.15, -0.1) is 0 Å². The van der Waals surface area contributed by atoms with E-state index in [2.05, 4.69) is 4.98 Å². The first-order chi connectivity index (χ1) is 15.9. The Balaban J connectivity index is 2.12. The van der Waals surface area contributed by atoms with Crippen LogP contribution in [0.1, 0.15) is 36.2 Å². The molecule has 1 unspecified atom stereocenters. The number of rotatable bonds is 4. The molecule has 2 heterocycles. The number of benzene rings is 1. The van der Waals surface area contributed by atoms with Crippen molar-refractivity contribution in [2.24, 2.45) is 0 Å². The van der Waals surface area contributed by atoms with Gasteiger partial charge in [0, 0.05) is 18.4 Å². The summed E-state index contributed by atoms with van der Waals surface area (Å²) in [6.07, 6.45) is -8.95. The first-order valence-electron chi connectivity index (χ1n) is 9.59. The molecular formula is C20H16F6N4O4S. The topological polar surface area (TPSA) is 115 Å². The Morgan fingerprint density at radius 1 is 1.11 bits per heavy atom. The van der Waals surface area contributed by atoms with Gasteiger partial charge in [-0.05, 0) is 43.7 Å². The number of alkyl halides is 6. The predicted molar refractivity (Wildman–Crippen MR) is 108 cm³/mol. The van der Waals surface area contributed by atoms with Crippen molar-refractivity contribution in [1.29, 1.82) is 5.26 Å². The van der Waals surface area contributed by atoms with E-state index in [0.717, 1.165) is 29.3 Å². The Labute approximate surface area is 195 Å². The molecule has 1 aliphatic rings. The molecule has 1 N–H and O–H groups in total. The van der Waals surface area contributed by atoms with Gasteiger partial charge in [0.05, 0.1) is 22.7 Å². The zero-order valence-electron chi connectivity index (χ0n) is 17.9. The molecule has 1 fully saturated rings. The second-order valence-corrected chi connectivity index (χ2v) is 9.54. The van der Waals surface area contributed by atoms with Crippen LogP contribution in [0, 0.1) is 11.3 Å². The number of pyridine rings is 1. The molecule has 1 aromatic carbocycles. The molecule has 0 spiro atoms. The highest BCUT2D eigenvalue weighted by atomic mass is 32.2. The summed E-state index contributed by atoms with van der Waals surface area (Å²) >= 11 is 0. The van der Waals surface area contributed by atoms with E-state index in [-0.39, 0.29) is 5.56 Å². The summed E-state index contributed by atoms with van der Waals surface area (Å²) in [4.78, 5) is 17.8.